The second kappa shape index (κ2) is 7.82. The van der Waals surface area contributed by atoms with E-state index in [0.29, 0.717) is 11.8 Å². The van der Waals surface area contributed by atoms with E-state index in [1.165, 1.54) is 23.5 Å². The number of likely N-dealkylation sites (tertiary alicyclic amines) is 1. The Hall–Kier alpha value is -1.35. The molecule has 5 rings (SSSR count). The smallest absolute Gasteiger partial charge is 0.258 e. The minimum absolute atomic E-state index is 0.338. The van der Waals surface area contributed by atoms with E-state index in [-0.39, 0.29) is 0 Å². The fourth-order valence-corrected chi connectivity index (χ4v) is 5.24. The van der Waals surface area contributed by atoms with E-state index in [2.05, 4.69) is 15.4 Å². The minimum atomic E-state index is -0.464. The Kier molecular flexibility index (Phi) is 5.21. The average Bonchev–Trinajstić information content (AvgIpc) is 3.28. The van der Waals surface area contributed by atoms with Gasteiger partial charge in [-0.2, -0.15) is 4.98 Å². The van der Waals surface area contributed by atoms with Crippen LogP contribution in [-0.4, -0.2) is 53.4 Å². The molecule has 2 saturated heterocycles. The molecule has 2 aromatic rings. The maximum absolute atomic E-state index is 5.95. The first-order valence-electron chi connectivity index (χ1n) is 10.4. The predicted molar refractivity (Wildman–Crippen MR) is 104 cm³/mol. The summed E-state index contributed by atoms with van der Waals surface area (Å²) in [6, 6.07) is 0. The van der Waals surface area contributed by atoms with Gasteiger partial charge in [0.2, 0.25) is 0 Å². The Morgan fingerprint density at radius 3 is 2.64 bits per heavy atom. The van der Waals surface area contributed by atoms with Crippen molar-refractivity contribution < 1.29 is 14.0 Å². The van der Waals surface area contributed by atoms with Crippen LogP contribution in [0.15, 0.2) is 9.90 Å². The molecule has 0 amide bonds. The first-order valence-corrected chi connectivity index (χ1v) is 11.3. The van der Waals surface area contributed by atoms with Crippen LogP contribution in [0.5, 0.6) is 0 Å². The molecule has 0 spiro atoms. The van der Waals surface area contributed by atoms with Crippen LogP contribution in [0.4, 0.5) is 0 Å². The summed E-state index contributed by atoms with van der Waals surface area (Å²) < 4.78 is 17.1. The number of hydrogen-bond donors (Lipinski definition) is 0. The van der Waals surface area contributed by atoms with Gasteiger partial charge in [0.1, 0.15) is 5.60 Å². The SMILES string of the molecule is COC1(c2nc(C3CCOCC3)no2)CCN(Cc2csc(C3CC3)n2)CC1. The normalized spacial score (nSPS) is 23.9. The van der Waals surface area contributed by atoms with Crippen molar-refractivity contribution in [3.63, 3.8) is 0 Å². The molecule has 0 N–H and O–H groups in total. The van der Waals surface area contributed by atoms with Gasteiger partial charge in [-0.25, -0.2) is 4.98 Å². The maximum Gasteiger partial charge on any atom is 0.258 e. The van der Waals surface area contributed by atoms with Crippen molar-refractivity contribution >= 4 is 11.3 Å². The van der Waals surface area contributed by atoms with Gasteiger partial charge < -0.3 is 14.0 Å². The van der Waals surface area contributed by atoms with Crippen LogP contribution in [-0.2, 0) is 21.6 Å². The van der Waals surface area contributed by atoms with Crippen molar-refractivity contribution in [2.75, 3.05) is 33.4 Å². The van der Waals surface area contributed by atoms with Gasteiger partial charge in [0, 0.05) is 57.2 Å². The molecular weight excluding hydrogens is 376 g/mol. The Labute approximate surface area is 169 Å². The lowest BCUT2D eigenvalue weighted by Gasteiger charge is -2.38. The van der Waals surface area contributed by atoms with Crippen LogP contribution >= 0.6 is 11.3 Å². The molecule has 152 valence electrons. The van der Waals surface area contributed by atoms with Crippen molar-refractivity contribution in [1.82, 2.24) is 20.0 Å². The largest absolute Gasteiger partial charge is 0.381 e. The van der Waals surface area contributed by atoms with E-state index in [0.717, 1.165) is 70.3 Å². The fourth-order valence-electron chi connectivity index (χ4n) is 4.26. The van der Waals surface area contributed by atoms with E-state index >= 15 is 0 Å². The van der Waals surface area contributed by atoms with Crippen molar-refractivity contribution in [1.29, 1.82) is 0 Å². The summed E-state index contributed by atoms with van der Waals surface area (Å²) in [6.45, 7) is 4.36. The summed E-state index contributed by atoms with van der Waals surface area (Å²) >= 11 is 1.82. The lowest BCUT2D eigenvalue weighted by atomic mass is 9.90. The highest BCUT2D eigenvalue weighted by molar-refractivity contribution is 7.09. The molecule has 0 atom stereocenters. The molecular formula is C20H28N4O3S. The van der Waals surface area contributed by atoms with Gasteiger partial charge in [0.05, 0.1) is 10.7 Å². The van der Waals surface area contributed by atoms with Gasteiger partial charge in [0.15, 0.2) is 5.82 Å². The second-order valence-corrected chi connectivity index (χ2v) is 9.16. The third-order valence-corrected chi connectivity index (χ3v) is 7.41. The van der Waals surface area contributed by atoms with Crippen molar-refractivity contribution in [3.05, 3.63) is 27.8 Å². The number of nitrogens with zero attached hydrogens (tertiary/aromatic N) is 4. The lowest BCUT2D eigenvalue weighted by molar-refractivity contribution is -0.0839. The molecule has 3 fully saturated rings. The molecule has 0 unspecified atom stereocenters. The number of ether oxygens (including phenoxy) is 2. The Morgan fingerprint density at radius 1 is 1.14 bits per heavy atom. The Morgan fingerprint density at radius 2 is 1.93 bits per heavy atom. The number of piperidine rings is 1. The maximum atomic E-state index is 5.95. The number of hydrogen-bond acceptors (Lipinski definition) is 8. The van der Waals surface area contributed by atoms with E-state index in [1.54, 1.807) is 7.11 Å². The standard InChI is InChI=1S/C20H28N4O3S/c1-25-20(19-22-17(23-27-19)14-4-10-26-11-5-14)6-8-24(9-7-20)12-16-13-28-18(21-16)15-2-3-15/h13-15H,2-12H2,1H3. The zero-order valence-electron chi connectivity index (χ0n) is 16.4. The number of thiazole rings is 1. The molecule has 8 heteroatoms. The zero-order chi connectivity index (χ0) is 19.0. The molecule has 28 heavy (non-hydrogen) atoms. The molecule has 2 aromatic heterocycles. The third-order valence-electron chi connectivity index (χ3n) is 6.35. The quantitative estimate of drug-likeness (QED) is 0.730. The highest BCUT2D eigenvalue weighted by atomic mass is 32.1. The molecule has 7 nitrogen and oxygen atoms in total. The summed E-state index contributed by atoms with van der Waals surface area (Å²) in [5, 5.41) is 7.83. The van der Waals surface area contributed by atoms with Crippen LogP contribution in [0.3, 0.4) is 0 Å². The first-order chi connectivity index (χ1) is 13.8. The van der Waals surface area contributed by atoms with E-state index in [1.807, 2.05) is 11.3 Å². The molecule has 1 saturated carbocycles. The monoisotopic (exact) mass is 404 g/mol. The molecule has 4 heterocycles. The van der Waals surface area contributed by atoms with Gasteiger partial charge in [-0.3, -0.25) is 4.90 Å². The summed E-state index contributed by atoms with van der Waals surface area (Å²) in [4.78, 5) is 12.0. The van der Waals surface area contributed by atoms with E-state index < -0.39 is 5.60 Å². The lowest BCUT2D eigenvalue weighted by Crippen LogP contribution is -2.43. The summed E-state index contributed by atoms with van der Waals surface area (Å²) in [5.41, 5.74) is 0.741. The molecule has 0 bridgehead atoms. The molecule has 2 aliphatic heterocycles. The van der Waals surface area contributed by atoms with Gasteiger partial charge in [-0.05, 0) is 38.5 Å². The molecule has 0 radical (unpaired) electrons. The second-order valence-electron chi connectivity index (χ2n) is 8.27. The van der Waals surface area contributed by atoms with Gasteiger partial charge >= 0.3 is 0 Å². The van der Waals surface area contributed by atoms with Gasteiger partial charge in [-0.15, -0.1) is 11.3 Å². The van der Waals surface area contributed by atoms with Crippen molar-refractivity contribution in [2.45, 2.75) is 62.5 Å². The van der Waals surface area contributed by atoms with Crippen molar-refractivity contribution in [3.8, 4) is 0 Å². The summed E-state index contributed by atoms with van der Waals surface area (Å²) in [7, 11) is 1.76. The van der Waals surface area contributed by atoms with Crippen LogP contribution in [0.2, 0.25) is 0 Å². The third kappa shape index (κ3) is 3.75. The average molecular weight is 405 g/mol. The van der Waals surface area contributed by atoms with E-state index in [4.69, 9.17) is 24.0 Å². The Bertz CT molecular complexity index is 789. The molecule has 3 aliphatic rings. The highest BCUT2D eigenvalue weighted by Gasteiger charge is 2.42. The molecule has 1 aliphatic carbocycles. The van der Waals surface area contributed by atoms with E-state index in [9.17, 15) is 0 Å². The zero-order valence-corrected chi connectivity index (χ0v) is 17.2. The number of rotatable bonds is 6. The van der Waals surface area contributed by atoms with Crippen LogP contribution < -0.4 is 0 Å². The first kappa shape index (κ1) is 18.7. The van der Waals surface area contributed by atoms with Crippen LogP contribution in [0, 0.1) is 0 Å². The Balaban J connectivity index is 1.22. The number of methoxy groups -OCH3 is 1. The number of aromatic nitrogens is 3. The minimum Gasteiger partial charge on any atom is -0.381 e. The van der Waals surface area contributed by atoms with Crippen molar-refractivity contribution in [2.24, 2.45) is 0 Å². The predicted octanol–water partition coefficient (Wildman–Crippen LogP) is 3.44. The van der Waals surface area contributed by atoms with Gasteiger partial charge in [0.25, 0.3) is 5.89 Å². The fraction of sp³-hybridized carbons (Fsp3) is 0.750. The van der Waals surface area contributed by atoms with Crippen LogP contribution in [0.1, 0.15) is 72.8 Å². The van der Waals surface area contributed by atoms with Crippen LogP contribution in [0.25, 0.3) is 0 Å². The molecule has 0 aromatic carbocycles. The summed E-state index contributed by atoms with van der Waals surface area (Å²) in [6.07, 6.45) is 6.27. The highest BCUT2D eigenvalue weighted by Crippen LogP contribution is 2.42. The topological polar surface area (TPSA) is 73.5 Å². The summed E-state index contributed by atoms with van der Waals surface area (Å²) in [5.74, 6) is 2.53. The van der Waals surface area contributed by atoms with Gasteiger partial charge in [-0.1, -0.05) is 5.16 Å².